The lowest BCUT2D eigenvalue weighted by atomic mass is 10.3. The van der Waals surface area contributed by atoms with E-state index in [-0.39, 0.29) is 11.4 Å². The van der Waals surface area contributed by atoms with E-state index in [1.54, 1.807) is 18.2 Å². The number of pyridine rings is 2. The van der Waals surface area contributed by atoms with Gasteiger partial charge in [-0.3, -0.25) is 14.7 Å². The molecule has 0 aliphatic carbocycles. The summed E-state index contributed by atoms with van der Waals surface area (Å²) in [5, 5.41) is 0. The second kappa shape index (κ2) is 5.11. The number of hydrogen-bond acceptors (Lipinski definition) is 5. The van der Waals surface area contributed by atoms with Crippen molar-refractivity contribution >= 4 is 15.7 Å². The molecular weight excluding hydrogens is 252 g/mol. The Kier molecular flexibility index (Phi) is 3.54. The molecule has 7 heteroatoms. The maximum Gasteiger partial charge on any atom is 0.263 e. The molecule has 6 nitrogen and oxygen atoms in total. The van der Waals surface area contributed by atoms with Crippen LogP contribution in [0.25, 0.3) is 0 Å². The monoisotopic (exact) mass is 264 g/mol. The molecule has 3 N–H and O–H groups in total. The summed E-state index contributed by atoms with van der Waals surface area (Å²) in [6.07, 6.45) is 4.52. The van der Waals surface area contributed by atoms with E-state index < -0.39 is 10.0 Å². The molecule has 0 aliphatic heterocycles. The van der Waals surface area contributed by atoms with Gasteiger partial charge in [0.25, 0.3) is 10.0 Å². The Morgan fingerprint density at radius 2 is 1.89 bits per heavy atom. The molecule has 0 atom stereocenters. The molecule has 0 radical (unpaired) electrons. The predicted molar refractivity (Wildman–Crippen MR) is 67.2 cm³/mol. The summed E-state index contributed by atoms with van der Waals surface area (Å²) < 4.78 is 26.8. The first-order chi connectivity index (χ1) is 8.63. The average molecular weight is 264 g/mol. The van der Waals surface area contributed by atoms with Crippen molar-refractivity contribution in [2.24, 2.45) is 5.73 Å². The zero-order chi connectivity index (χ0) is 13.0. The van der Waals surface area contributed by atoms with Gasteiger partial charge in [-0.15, -0.1) is 0 Å². The van der Waals surface area contributed by atoms with E-state index in [0.717, 1.165) is 0 Å². The van der Waals surface area contributed by atoms with Gasteiger partial charge in [-0.1, -0.05) is 0 Å². The molecule has 0 aromatic carbocycles. The number of sulfonamides is 1. The molecule has 2 aromatic heterocycles. The fourth-order valence-electron chi connectivity index (χ4n) is 1.45. The Morgan fingerprint density at radius 1 is 1.17 bits per heavy atom. The van der Waals surface area contributed by atoms with Crippen LogP contribution in [-0.4, -0.2) is 18.4 Å². The van der Waals surface area contributed by atoms with Gasteiger partial charge in [-0.05, 0) is 24.3 Å². The number of aromatic nitrogens is 2. The molecule has 18 heavy (non-hydrogen) atoms. The van der Waals surface area contributed by atoms with Gasteiger partial charge in [-0.25, -0.2) is 8.42 Å². The van der Waals surface area contributed by atoms with Gasteiger partial charge in [0.2, 0.25) is 0 Å². The summed E-state index contributed by atoms with van der Waals surface area (Å²) in [4.78, 5) is 7.85. The topological polar surface area (TPSA) is 98.0 Å². The third-order valence-electron chi connectivity index (χ3n) is 2.26. The van der Waals surface area contributed by atoms with E-state index in [9.17, 15) is 8.42 Å². The van der Waals surface area contributed by atoms with Crippen molar-refractivity contribution in [3.05, 3.63) is 48.5 Å². The minimum atomic E-state index is -3.68. The van der Waals surface area contributed by atoms with E-state index in [2.05, 4.69) is 14.7 Å². The van der Waals surface area contributed by atoms with Crippen molar-refractivity contribution in [1.29, 1.82) is 0 Å². The van der Waals surface area contributed by atoms with Crippen molar-refractivity contribution in [3.8, 4) is 0 Å². The molecule has 0 unspecified atom stereocenters. The van der Waals surface area contributed by atoms with Crippen LogP contribution in [0.1, 0.15) is 5.69 Å². The third kappa shape index (κ3) is 2.63. The highest BCUT2D eigenvalue weighted by molar-refractivity contribution is 7.92. The molecule has 0 amide bonds. The van der Waals surface area contributed by atoms with Gasteiger partial charge >= 0.3 is 0 Å². The highest BCUT2D eigenvalue weighted by Gasteiger charge is 2.18. The molecule has 0 saturated carbocycles. The third-order valence-corrected chi connectivity index (χ3v) is 3.72. The summed E-state index contributed by atoms with van der Waals surface area (Å²) in [6, 6.07) is 6.16. The van der Waals surface area contributed by atoms with Gasteiger partial charge in [0.05, 0.1) is 11.4 Å². The number of rotatable bonds is 4. The van der Waals surface area contributed by atoms with Crippen LogP contribution >= 0.6 is 0 Å². The van der Waals surface area contributed by atoms with Crippen LogP contribution in [0.15, 0.2) is 47.8 Å². The number of nitrogens with zero attached hydrogens (tertiary/aromatic N) is 2. The Labute approximate surface area is 105 Å². The minimum absolute atomic E-state index is 0.0629. The van der Waals surface area contributed by atoms with E-state index in [1.165, 1.54) is 24.7 Å². The SMILES string of the molecule is NCc1ncccc1S(=O)(=O)Nc1ccncc1. The molecule has 0 fully saturated rings. The van der Waals surface area contributed by atoms with Crippen molar-refractivity contribution < 1.29 is 8.42 Å². The fourth-order valence-corrected chi connectivity index (χ4v) is 2.71. The first kappa shape index (κ1) is 12.5. The van der Waals surface area contributed by atoms with Crippen LogP contribution in [0.5, 0.6) is 0 Å². The minimum Gasteiger partial charge on any atom is -0.325 e. The lowest BCUT2D eigenvalue weighted by Crippen LogP contribution is -2.17. The maximum atomic E-state index is 12.2. The highest BCUT2D eigenvalue weighted by atomic mass is 32.2. The first-order valence-electron chi connectivity index (χ1n) is 5.20. The number of hydrogen-bond donors (Lipinski definition) is 2. The van der Waals surface area contributed by atoms with Crippen LogP contribution in [-0.2, 0) is 16.6 Å². The summed E-state index contributed by atoms with van der Waals surface area (Å²) in [7, 11) is -3.68. The zero-order valence-corrected chi connectivity index (χ0v) is 10.3. The summed E-state index contributed by atoms with van der Waals surface area (Å²) in [5.74, 6) is 0. The van der Waals surface area contributed by atoms with Gasteiger partial charge in [0.15, 0.2) is 0 Å². The Bertz CT molecular complexity index is 629. The molecule has 2 aromatic rings. The van der Waals surface area contributed by atoms with E-state index in [4.69, 9.17) is 5.73 Å². The Hall–Kier alpha value is -1.99. The fraction of sp³-hybridized carbons (Fsp3) is 0.0909. The van der Waals surface area contributed by atoms with E-state index in [1.807, 2.05) is 0 Å². The predicted octanol–water partition coefficient (Wildman–Crippen LogP) is 0.736. The molecule has 0 spiro atoms. The highest BCUT2D eigenvalue weighted by Crippen LogP contribution is 2.17. The van der Waals surface area contributed by atoms with Crippen LogP contribution in [0, 0.1) is 0 Å². The van der Waals surface area contributed by atoms with Gasteiger partial charge in [0.1, 0.15) is 4.90 Å². The second-order valence-electron chi connectivity index (χ2n) is 3.49. The van der Waals surface area contributed by atoms with Gasteiger partial charge < -0.3 is 5.73 Å². The lowest BCUT2D eigenvalue weighted by molar-refractivity contribution is 0.599. The standard InChI is InChI=1S/C11H12N4O2S/c12-8-10-11(2-1-5-14-10)18(16,17)15-9-3-6-13-7-4-9/h1-7H,8,12H2,(H,13,15). The lowest BCUT2D eigenvalue weighted by Gasteiger charge is -2.10. The van der Waals surface area contributed by atoms with Crippen LogP contribution < -0.4 is 10.5 Å². The molecule has 2 rings (SSSR count). The Balaban J connectivity index is 2.37. The van der Waals surface area contributed by atoms with Gasteiger partial charge in [-0.2, -0.15) is 0 Å². The van der Waals surface area contributed by atoms with Crippen molar-refractivity contribution in [1.82, 2.24) is 9.97 Å². The summed E-state index contributed by atoms with van der Waals surface area (Å²) >= 11 is 0. The van der Waals surface area contributed by atoms with Crippen LogP contribution in [0.2, 0.25) is 0 Å². The number of nitrogens with two attached hydrogens (primary N) is 1. The average Bonchev–Trinajstić information content (AvgIpc) is 2.39. The molecule has 94 valence electrons. The quantitative estimate of drug-likeness (QED) is 0.848. The summed E-state index contributed by atoms with van der Waals surface area (Å²) in [5.41, 5.74) is 6.25. The Morgan fingerprint density at radius 3 is 2.56 bits per heavy atom. The molecule has 2 heterocycles. The zero-order valence-electron chi connectivity index (χ0n) is 9.45. The first-order valence-corrected chi connectivity index (χ1v) is 6.68. The molecular formula is C11H12N4O2S. The van der Waals surface area contributed by atoms with Crippen molar-refractivity contribution in [3.63, 3.8) is 0 Å². The van der Waals surface area contributed by atoms with Gasteiger partial charge in [0, 0.05) is 25.1 Å². The largest absolute Gasteiger partial charge is 0.325 e. The van der Waals surface area contributed by atoms with Crippen molar-refractivity contribution in [2.75, 3.05) is 4.72 Å². The molecule has 0 saturated heterocycles. The van der Waals surface area contributed by atoms with Crippen molar-refractivity contribution in [2.45, 2.75) is 11.4 Å². The van der Waals surface area contributed by atoms with E-state index in [0.29, 0.717) is 11.4 Å². The molecule has 0 aliphatic rings. The number of nitrogens with one attached hydrogen (secondary N) is 1. The summed E-state index contributed by atoms with van der Waals surface area (Å²) in [6.45, 7) is 0.0629. The normalized spacial score (nSPS) is 11.2. The smallest absolute Gasteiger partial charge is 0.263 e. The second-order valence-corrected chi connectivity index (χ2v) is 5.14. The van der Waals surface area contributed by atoms with Crippen LogP contribution in [0.4, 0.5) is 5.69 Å². The number of anilines is 1. The molecule has 0 bridgehead atoms. The van der Waals surface area contributed by atoms with E-state index >= 15 is 0 Å². The maximum absolute atomic E-state index is 12.2. The van der Waals surface area contributed by atoms with Crippen LogP contribution in [0.3, 0.4) is 0 Å².